The van der Waals surface area contributed by atoms with E-state index in [1.54, 1.807) is 0 Å². The molecule has 2 rings (SSSR count). The van der Waals surface area contributed by atoms with E-state index in [-0.39, 0.29) is 11.4 Å². The number of hydrogen-bond acceptors (Lipinski definition) is 2. The summed E-state index contributed by atoms with van der Waals surface area (Å²) in [6.45, 7) is 0. The fraction of sp³-hybridized carbons (Fsp3) is 0.200. The molecule has 0 amide bonds. The number of nitrogen functional groups attached to an aromatic ring is 2. The Morgan fingerprint density at radius 1 is 0.652 bits per heavy atom. The Bertz CT molecular complexity index is 713. The van der Waals surface area contributed by atoms with Crippen LogP contribution in [0.2, 0.25) is 0 Å². The van der Waals surface area contributed by atoms with Gasteiger partial charge < -0.3 is 11.5 Å². The lowest BCUT2D eigenvalue weighted by atomic mass is 9.84. The minimum absolute atomic E-state index is 0.209. The zero-order chi connectivity index (χ0) is 17.5. The second-order valence-electron chi connectivity index (χ2n) is 4.98. The third-order valence-corrected chi connectivity index (χ3v) is 3.36. The van der Waals surface area contributed by atoms with Gasteiger partial charge in [0.15, 0.2) is 0 Å². The van der Waals surface area contributed by atoms with Gasteiger partial charge in [-0.1, -0.05) is 24.3 Å². The van der Waals surface area contributed by atoms with E-state index in [9.17, 15) is 26.3 Å². The largest absolute Gasteiger partial charge is 0.433 e. The molecule has 0 aliphatic heterocycles. The van der Waals surface area contributed by atoms with E-state index < -0.39 is 28.9 Å². The van der Waals surface area contributed by atoms with Gasteiger partial charge >= 0.3 is 12.1 Å². The van der Waals surface area contributed by atoms with Crippen LogP contribution in [0.5, 0.6) is 0 Å². The molecule has 0 heterocycles. The lowest BCUT2D eigenvalue weighted by molar-refractivity contribution is -0.314. The Labute approximate surface area is 127 Å². The Morgan fingerprint density at radius 2 is 1.09 bits per heavy atom. The molecule has 2 aromatic carbocycles. The van der Waals surface area contributed by atoms with E-state index in [4.69, 9.17) is 11.5 Å². The van der Waals surface area contributed by atoms with Crippen LogP contribution in [0.15, 0.2) is 48.5 Å². The van der Waals surface area contributed by atoms with Gasteiger partial charge in [0.05, 0.1) is 0 Å². The topological polar surface area (TPSA) is 52.0 Å². The molecule has 1 unspecified atom stereocenters. The minimum atomic E-state index is -5.88. The highest BCUT2D eigenvalue weighted by atomic mass is 19.4. The SMILES string of the molecule is Nc1cccc(C(F)(F)C(F)(c2cccc(N)c2)C(F)(F)F)c1. The summed E-state index contributed by atoms with van der Waals surface area (Å²) in [4.78, 5) is 0. The quantitative estimate of drug-likeness (QED) is 0.647. The van der Waals surface area contributed by atoms with Gasteiger partial charge in [-0.05, 0) is 24.3 Å². The second-order valence-corrected chi connectivity index (χ2v) is 4.98. The molecular formula is C15H12F6N2. The molecule has 4 N–H and O–H groups in total. The van der Waals surface area contributed by atoms with Crippen LogP contribution < -0.4 is 11.5 Å². The molecule has 0 aliphatic carbocycles. The first-order chi connectivity index (χ1) is 10.5. The zero-order valence-corrected chi connectivity index (χ0v) is 11.5. The van der Waals surface area contributed by atoms with Crippen molar-refractivity contribution in [2.45, 2.75) is 17.8 Å². The normalized spacial score (nSPS) is 15.2. The maximum Gasteiger partial charge on any atom is 0.433 e. The van der Waals surface area contributed by atoms with Gasteiger partial charge in [-0.2, -0.15) is 22.0 Å². The molecule has 0 fully saturated rings. The molecule has 1 atom stereocenters. The summed E-state index contributed by atoms with van der Waals surface area (Å²) in [7, 11) is 0. The van der Waals surface area contributed by atoms with Crippen LogP contribution in [0.1, 0.15) is 11.1 Å². The molecule has 0 radical (unpaired) electrons. The maximum atomic E-state index is 14.8. The van der Waals surface area contributed by atoms with Crippen molar-refractivity contribution in [3.63, 3.8) is 0 Å². The Balaban J connectivity index is 2.72. The smallest absolute Gasteiger partial charge is 0.399 e. The van der Waals surface area contributed by atoms with Crippen molar-refractivity contribution in [3.8, 4) is 0 Å². The van der Waals surface area contributed by atoms with Gasteiger partial charge in [-0.3, -0.25) is 0 Å². The average Bonchev–Trinajstić information content (AvgIpc) is 2.45. The predicted molar refractivity (Wildman–Crippen MR) is 74.4 cm³/mol. The van der Waals surface area contributed by atoms with Crippen LogP contribution in [-0.2, 0) is 11.6 Å². The monoisotopic (exact) mass is 334 g/mol. The highest BCUT2D eigenvalue weighted by molar-refractivity contribution is 5.47. The third kappa shape index (κ3) is 2.69. The van der Waals surface area contributed by atoms with Crippen molar-refractivity contribution in [1.29, 1.82) is 0 Å². The van der Waals surface area contributed by atoms with Crippen molar-refractivity contribution in [3.05, 3.63) is 59.7 Å². The standard InChI is InChI=1S/C15H12F6N2/c16-13(15(19,20)21,9-3-1-5-11(22)7-9)14(17,18)10-4-2-6-12(23)8-10/h1-8H,22-23H2. The van der Waals surface area contributed by atoms with Crippen LogP contribution in [0.25, 0.3) is 0 Å². The van der Waals surface area contributed by atoms with Crippen LogP contribution in [-0.4, -0.2) is 6.18 Å². The molecule has 0 saturated carbocycles. The first-order valence-electron chi connectivity index (χ1n) is 6.35. The Kier molecular flexibility index (Phi) is 3.96. The molecule has 8 heteroatoms. The van der Waals surface area contributed by atoms with E-state index in [2.05, 4.69) is 0 Å². The molecule has 0 saturated heterocycles. The lowest BCUT2D eigenvalue weighted by Crippen LogP contribution is -2.51. The summed E-state index contributed by atoms with van der Waals surface area (Å²) in [5.41, 5.74) is 2.73. The molecule has 0 bridgehead atoms. The highest BCUT2D eigenvalue weighted by Crippen LogP contribution is 2.57. The maximum absolute atomic E-state index is 14.8. The van der Waals surface area contributed by atoms with Gasteiger partial charge in [0, 0.05) is 22.5 Å². The molecule has 23 heavy (non-hydrogen) atoms. The van der Waals surface area contributed by atoms with E-state index >= 15 is 0 Å². The van der Waals surface area contributed by atoms with Gasteiger partial charge in [0.1, 0.15) is 0 Å². The summed E-state index contributed by atoms with van der Waals surface area (Å²) in [5, 5.41) is 0. The molecule has 2 aromatic rings. The predicted octanol–water partition coefficient (Wildman–Crippen LogP) is 4.37. The van der Waals surface area contributed by atoms with Crippen molar-refractivity contribution in [2.24, 2.45) is 0 Å². The second kappa shape index (κ2) is 5.36. The van der Waals surface area contributed by atoms with E-state index in [1.165, 1.54) is 12.1 Å². The van der Waals surface area contributed by atoms with Crippen LogP contribution in [0.4, 0.5) is 37.7 Å². The van der Waals surface area contributed by atoms with Crippen LogP contribution in [0, 0.1) is 0 Å². The summed E-state index contributed by atoms with van der Waals surface area (Å²) < 4.78 is 83.7. The van der Waals surface area contributed by atoms with E-state index in [0.29, 0.717) is 24.3 Å². The zero-order valence-electron chi connectivity index (χ0n) is 11.5. The minimum Gasteiger partial charge on any atom is -0.399 e. The van der Waals surface area contributed by atoms with Gasteiger partial charge in [-0.15, -0.1) is 0 Å². The number of halogens is 6. The number of hydrogen-bond donors (Lipinski definition) is 2. The summed E-state index contributed by atoms with van der Waals surface area (Å²) in [6.07, 6.45) is -5.88. The average molecular weight is 334 g/mol. The third-order valence-electron chi connectivity index (χ3n) is 3.36. The molecule has 0 spiro atoms. The lowest BCUT2D eigenvalue weighted by Gasteiger charge is -2.35. The van der Waals surface area contributed by atoms with E-state index in [0.717, 1.165) is 12.1 Å². The summed E-state index contributed by atoms with van der Waals surface area (Å²) >= 11 is 0. The molecule has 2 nitrogen and oxygen atoms in total. The number of nitrogens with two attached hydrogens (primary N) is 2. The fourth-order valence-corrected chi connectivity index (χ4v) is 2.21. The number of alkyl halides is 6. The van der Waals surface area contributed by atoms with Crippen molar-refractivity contribution in [2.75, 3.05) is 11.5 Å². The van der Waals surface area contributed by atoms with Gasteiger partial charge in [0.25, 0.3) is 5.67 Å². The van der Waals surface area contributed by atoms with Crippen LogP contribution >= 0.6 is 0 Å². The molecule has 124 valence electrons. The van der Waals surface area contributed by atoms with Gasteiger partial charge in [0.2, 0.25) is 0 Å². The number of benzene rings is 2. The Morgan fingerprint density at radius 3 is 1.52 bits per heavy atom. The van der Waals surface area contributed by atoms with Crippen LogP contribution in [0.3, 0.4) is 0 Å². The van der Waals surface area contributed by atoms with Crippen molar-refractivity contribution in [1.82, 2.24) is 0 Å². The van der Waals surface area contributed by atoms with Gasteiger partial charge in [-0.25, -0.2) is 4.39 Å². The molecular weight excluding hydrogens is 322 g/mol. The first kappa shape index (κ1) is 17.0. The van der Waals surface area contributed by atoms with Crippen molar-refractivity contribution < 1.29 is 26.3 Å². The Hall–Kier alpha value is -2.38. The first-order valence-corrected chi connectivity index (χ1v) is 6.35. The van der Waals surface area contributed by atoms with E-state index in [1.807, 2.05) is 0 Å². The molecule has 0 aliphatic rings. The van der Waals surface area contributed by atoms with Crippen molar-refractivity contribution >= 4 is 11.4 Å². The fourth-order valence-electron chi connectivity index (χ4n) is 2.21. The highest BCUT2D eigenvalue weighted by Gasteiger charge is 2.72. The summed E-state index contributed by atoms with van der Waals surface area (Å²) in [5.74, 6) is -4.91. The molecule has 0 aromatic heterocycles. The number of rotatable bonds is 3. The number of anilines is 2. The summed E-state index contributed by atoms with van der Waals surface area (Å²) in [6, 6.07) is 6.80.